The standard InChI is InChI=1S/C6H8BrN.C2H6/c1-5(7)4-6(2)8-3;1-2/h4H,1,3H2,2H3;1-2H3/b6-4-;. The summed E-state index contributed by atoms with van der Waals surface area (Å²) in [7, 11) is 0. The molecule has 0 bridgehead atoms. The van der Waals surface area contributed by atoms with Gasteiger partial charge in [0.2, 0.25) is 0 Å². The molecule has 0 atom stereocenters. The number of rotatable bonds is 2. The average molecular weight is 204 g/mol. The van der Waals surface area contributed by atoms with E-state index in [9.17, 15) is 0 Å². The van der Waals surface area contributed by atoms with Crippen molar-refractivity contribution in [3.63, 3.8) is 0 Å². The van der Waals surface area contributed by atoms with Gasteiger partial charge in [-0.05, 0) is 19.7 Å². The zero-order chi connectivity index (χ0) is 8.57. The molecule has 0 saturated heterocycles. The average Bonchev–Trinajstić information content (AvgIpc) is 1.91. The molecule has 0 N–H and O–H groups in total. The smallest absolute Gasteiger partial charge is 0.0376 e. The van der Waals surface area contributed by atoms with Crippen LogP contribution >= 0.6 is 15.9 Å². The highest BCUT2D eigenvalue weighted by molar-refractivity contribution is 9.11. The van der Waals surface area contributed by atoms with Gasteiger partial charge in [-0.15, -0.1) is 0 Å². The van der Waals surface area contributed by atoms with Gasteiger partial charge in [0.15, 0.2) is 0 Å². The van der Waals surface area contributed by atoms with Crippen molar-refractivity contribution in [2.24, 2.45) is 4.99 Å². The molecule has 0 unspecified atom stereocenters. The summed E-state index contributed by atoms with van der Waals surface area (Å²) in [6.45, 7) is 12.8. The fourth-order valence-electron chi connectivity index (χ4n) is 0.272. The van der Waals surface area contributed by atoms with E-state index in [1.54, 1.807) is 6.08 Å². The van der Waals surface area contributed by atoms with Crippen molar-refractivity contribution in [1.29, 1.82) is 0 Å². The van der Waals surface area contributed by atoms with Crippen molar-refractivity contribution in [3.8, 4) is 0 Å². The SMILES string of the molecule is C=N/C(C)=C\C(=C)Br.CC. The van der Waals surface area contributed by atoms with E-state index in [2.05, 4.69) is 34.2 Å². The van der Waals surface area contributed by atoms with Crippen LogP contribution in [0.2, 0.25) is 0 Å². The first-order valence-corrected chi connectivity index (χ1v) is 3.95. The molecule has 0 saturated carbocycles. The van der Waals surface area contributed by atoms with Crippen LogP contribution in [0.15, 0.2) is 27.8 Å². The highest BCUT2D eigenvalue weighted by Gasteiger charge is 1.79. The number of aliphatic imine (C=N–C) groups is 1. The third kappa shape index (κ3) is 10.6. The summed E-state index contributed by atoms with van der Waals surface area (Å²) in [4.78, 5) is 3.65. The number of nitrogens with zero attached hydrogens (tertiary/aromatic N) is 1. The van der Waals surface area contributed by atoms with E-state index >= 15 is 0 Å². The Morgan fingerprint density at radius 2 is 1.90 bits per heavy atom. The Hall–Kier alpha value is -0.370. The molecule has 0 radical (unpaired) electrons. The van der Waals surface area contributed by atoms with Crippen molar-refractivity contribution in [1.82, 2.24) is 0 Å². The first-order chi connectivity index (χ1) is 4.66. The monoisotopic (exact) mass is 203 g/mol. The van der Waals surface area contributed by atoms with E-state index in [4.69, 9.17) is 0 Å². The maximum absolute atomic E-state index is 3.65. The minimum absolute atomic E-state index is 0.822. The fourth-order valence-corrected chi connectivity index (χ4v) is 0.604. The van der Waals surface area contributed by atoms with Gasteiger partial charge in [0.05, 0.1) is 0 Å². The minimum atomic E-state index is 0.822. The predicted octanol–water partition coefficient (Wildman–Crippen LogP) is 3.53. The minimum Gasteiger partial charge on any atom is -0.269 e. The zero-order valence-corrected chi connectivity index (χ0v) is 8.40. The van der Waals surface area contributed by atoms with Crippen molar-refractivity contribution in [3.05, 3.63) is 22.8 Å². The molecule has 0 fully saturated rings. The van der Waals surface area contributed by atoms with E-state index < -0.39 is 0 Å². The summed E-state index contributed by atoms with van der Waals surface area (Å²) in [5.74, 6) is 0. The summed E-state index contributed by atoms with van der Waals surface area (Å²) in [6.07, 6.45) is 1.80. The summed E-state index contributed by atoms with van der Waals surface area (Å²) < 4.78 is 0.822. The summed E-state index contributed by atoms with van der Waals surface area (Å²) in [5, 5.41) is 0. The highest BCUT2D eigenvalue weighted by Crippen LogP contribution is 2.06. The van der Waals surface area contributed by atoms with Gasteiger partial charge in [0.25, 0.3) is 0 Å². The summed E-state index contributed by atoms with van der Waals surface area (Å²) in [5.41, 5.74) is 0.867. The molecular formula is C8H14BrN. The molecule has 0 aliphatic heterocycles. The lowest BCUT2D eigenvalue weighted by Gasteiger charge is -1.85. The van der Waals surface area contributed by atoms with Crippen molar-refractivity contribution >= 4 is 22.6 Å². The molecule has 2 heteroatoms. The molecule has 0 spiro atoms. The molecule has 0 aromatic rings. The van der Waals surface area contributed by atoms with Gasteiger partial charge < -0.3 is 0 Å². The lowest BCUT2D eigenvalue weighted by atomic mass is 10.4. The van der Waals surface area contributed by atoms with Crippen molar-refractivity contribution < 1.29 is 0 Å². The highest BCUT2D eigenvalue weighted by atomic mass is 79.9. The molecule has 0 aromatic heterocycles. The lowest BCUT2D eigenvalue weighted by molar-refractivity contribution is 1.33. The van der Waals surface area contributed by atoms with Crippen molar-refractivity contribution in [2.75, 3.05) is 0 Å². The Morgan fingerprint density at radius 3 is 2.00 bits per heavy atom. The van der Waals surface area contributed by atoms with Gasteiger partial charge >= 0.3 is 0 Å². The largest absolute Gasteiger partial charge is 0.269 e. The fraction of sp³-hybridized carbons (Fsp3) is 0.375. The van der Waals surface area contributed by atoms with E-state index in [1.165, 1.54) is 0 Å². The Kier molecular flexibility index (Phi) is 10.6. The normalized spacial score (nSPS) is 9.40. The van der Waals surface area contributed by atoms with Gasteiger partial charge in [-0.1, -0.05) is 36.4 Å². The van der Waals surface area contributed by atoms with Crippen LogP contribution in [0.4, 0.5) is 0 Å². The molecule has 0 heterocycles. The molecule has 58 valence electrons. The van der Waals surface area contributed by atoms with Crippen LogP contribution < -0.4 is 0 Å². The van der Waals surface area contributed by atoms with Crippen LogP contribution in [0.5, 0.6) is 0 Å². The molecule has 0 aliphatic rings. The summed E-state index contributed by atoms with van der Waals surface area (Å²) in [6, 6.07) is 0. The quantitative estimate of drug-likeness (QED) is 0.482. The molecule has 0 rings (SSSR count). The van der Waals surface area contributed by atoms with Crippen LogP contribution in [0.25, 0.3) is 0 Å². The topological polar surface area (TPSA) is 12.4 Å². The first-order valence-electron chi connectivity index (χ1n) is 3.16. The lowest BCUT2D eigenvalue weighted by Crippen LogP contribution is -1.64. The van der Waals surface area contributed by atoms with E-state index in [0.29, 0.717) is 0 Å². The third-order valence-corrected chi connectivity index (χ3v) is 0.844. The van der Waals surface area contributed by atoms with E-state index in [-0.39, 0.29) is 0 Å². The Bertz CT molecular complexity index is 136. The maximum atomic E-state index is 3.65. The molecule has 0 aliphatic carbocycles. The number of allylic oxidation sites excluding steroid dienone is 3. The van der Waals surface area contributed by atoms with Gasteiger partial charge in [0, 0.05) is 10.2 Å². The van der Waals surface area contributed by atoms with Crippen LogP contribution in [-0.4, -0.2) is 6.72 Å². The van der Waals surface area contributed by atoms with Crippen LogP contribution in [0.1, 0.15) is 20.8 Å². The number of hydrogen-bond acceptors (Lipinski definition) is 1. The maximum Gasteiger partial charge on any atom is 0.0376 e. The van der Waals surface area contributed by atoms with Crippen LogP contribution in [0.3, 0.4) is 0 Å². The molecule has 10 heavy (non-hydrogen) atoms. The second kappa shape index (κ2) is 8.63. The zero-order valence-electron chi connectivity index (χ0n) is 6.82. The second-order valence-corrected chi connectivity index (χ2v) is 2.41. The predicted molar refractivity (Wildman–Crippen MR) is 52.7 cm³/mol. The van der Waals surface area contributed by atoms with E-state index in [1.807, 2.05) is 20.8 Å². The molecule has 1 nitrogen and oxygen atoms in total. The Morgan fingerprint density at radius 1 is 1.50 bits per heavy atom. The van der Waals surface area contributed by atoms with E-state index in [0.717, 1.165) is 10.2 Å². The van der Waals surface area contributed by atoms with Gasteiger partial charge in [-0.3, -0.25) is 4.99 Å². The van der Waals surface area contributed by atoms with Gasteiger partial charge in [-0.25, -0.2) is 0 Å². The first kappa shape index (κ1) is 12.3. The Balaban J connectivity index is 0. The van der Waals surface area contributed by atoms with Crippen LogP contribution in [0, 0.1) is 0 Å². The molecule has 0 amide bonds. The molecular weight excluding hydrogens is 190 g/mol. The third-order valence-electron chi connectivity index (χ3n) is 0.615. The summed E-state index contributed by atoms with van der Waals surface area (Å²) >= 11 is 3.16. The molecule has 0 aromatic carbocycles. The number of halogens is 1. The van der Waals surface area contributed by atoms with Crippen LogP contribution in [-0.2, 0) is 0 Å². The number of hydrogen-bond donors (Lipinski definition) is 0. The van der Waals surface area contributed by atoms with Gasteiger partial charge in [-0.2, -0.15) is 0 Å². The second-order valence-electron chi connectivity index (χ2n) is 1.39. The van der Waals surface area contributed by atoms with Gasteiger partial charge in [0.1, 0.15) is 0 Å². The van der Waals surface area contributed by atoms with Crippen molar-refractivity contribution in [2.45, 2.75) is 20.8 Å². The Labute approximate surface area is 71.7 Å².